The van der Waals surface area contributed by atoms with Crippen molar-refractivity contribution >= 4 is 17.3 Å². The summed E-state index contributed by atoms with van der Waals surface area (Å²) in [6.45, 7) is -0.0950. The molecule has 0 unspecified atom stereocenters. The van der Waals surface area contributed by atoms with Crippen molar-refractivity contribution < 1.29 is 23.5 Å². The number of carbonyl (C=O) groups excluding carboxylic acids is 1. The molecule has 3 aromatic rings. The first kappa shape index (κ1) is 16.0. The van der Waals surface area contributed by atoms with Crippen LogP contribution >= 0.6 is 11.3 Å². The highest BCUT2D eigenvalue weighted by molar-refractivity contribution is 7.11. The minimum atomic E-state index is -0.424. The molecule has 8 heteroatoms. The fourth-order valence-electron chi connectivity index (χ4n) is 2.00. The second kappa shape index (κ2) is 7.14. The molecule has 0 atom stereocenters. The molecule has 2 heterocycles. The van der Waals surface area contributed by atoms with E-state index in [1.807, 2.05) is 0 Å². The van der Waals surface area contributed by atoms with Gasteiger partial charge in [-0.05, 0) is 23.6 Å². The van der Waals surface area contributed by atoms with E-state index < -0.39 is 5.97 Å². The second-order valence-electron chi connectivity index (χ2n) is 4.63. The summed E-state index contributed by atoms with van der Waals surface area (Å²) in [6, 6.07) is 8.73. The van der Waals surface area contributed by atoms with Crippen LogP contribution in [0.15, 0.2) is 40.2 Å². The number of thiophene rings is 1. The molecule has 3 rings (SSSR count). The van der Waals surface area contributed by atoms with E-state index in [2.05, 4.69) is 10.1 Å². The van der Waals surface area contributed by atoms with Crippen LogP contribution < -0.4 is 9.47 Å². The van der Waals surface area contributed by atoms with Gasteiger partial charge in [-0.3, -0.25) is 0 Å². The average molecular weight is 346 g/mol. The maximum Gasteiger partial charge on any atom is 0.348 e. The Bertz CT molecular complexity index is 829. The van der Waals surface area contributed by atoms with Crippen LogP contribution in [0.1, 0.15) is 15.6 Å². The fourth-order valence-corrected chi connectivity index (χ4v) is 2.62. The van der Waals surface area contributed by atoms with Crippen LogP contribution in [0.4, 0.5) is 0 Å². The molecule has 0 fully saturated rings. The maximum atomic E-state index is 11.8. The van der Waals surface area contributed by atoms with Gasteiger partial charge >= 0.3 is 5.97 Å². The van der Waals surface area contributed by atoms with Crippen molar-refractivity contribution in [2.24, 2.45) is 0 Å². The summed E-state index contributed by atoms with van der Waals surface area (Å²) in [5.41, 5.74) is 0.651. The van der Waals surface area contributed by atoms with E-state index in [-0.39, 0.29) is 12.5 Å². The van der Waals surface area contributed by atoms with Gasteiger partial charge in [-0.15, -0.1) is 11.3 Å². The minimum absolute atomic E-state index is 0.0950. The van der Waals surface area contributed by atoms with Crippen molar-refractivity contribution in [3.63, 3.8) is 0 Å². The first-order chi connectivity index (χ1) is 11.7. The van der Waals surface area contributed by atoms with E-state index in [0.29, 0.717) is 27.8 Å². The number of rotatable bonds is 6. The third kappa shape index (κ3) is 3.38. The number of methoxy groups -OCH3 is 2. The van der Waals surface area contributed by atoms with Crippen molar-refractivity contribution in [3.8, 4) is 22.9 Å². The molecule has 0 saturated heterocycles. The Labute approximate surface area is 141 Å². The lowest BCUT2D eigenvalue weighted by Gasteiger charge is -2.07. The van der Waals surface area contributed by atoms with Gasteiger partial charge in [0.15, 0.2) is 6.61 Å². The Balaban J connectivity index is 1.72. The van der Waals surface area contributed by atoms with Crippen molar-refractivity contribution in [3.05, 3.63) is 46.5 Å². The Morgan fingerprint density at radius 1 is 1.25 bits per heavy atom. The average Bonchev–Trinajstić information content (AvgIpc) is 3.30. The van der Waals surface area contributed by atoms with Crippen LogP contribution in [-0.2, 0) is 11.3 Å². The lowest BCUT2D eigenvalue weighted by atomic mass is 10.2. The summed E-state index contributed by atoms with van der Waals surface area (Å²) in [4.78, 5) is 16.5. The predicted octanol–water partition coefficient (Wildman–Crippen LogP) is 3.17. The summed E-state index contributed by atoms with van der Waals surface area (Å²) < 4.78 is 20.7. The molecular weight excluding hydrogens is 332 g/mol. The van der Waals surface area contributed by atoms with E-state index in [1.165, 1.54) is 11.3 Å². The first-order valence-electron chi connectivity index (χ1n) is 6.97. The van der Waals surface area contributed by atoms with Gasteiger partial charge in [0, 0.05) is 6.07 Å². The SMILES string of the molecule is COc1ccc(-c2noc(COC(=O)c3cccs3)n2)c(OC)c1. The van der Waals surface area contributed by atoms with E-state index >= 15 is 0 Å². The van der Waals surface area contributed by atoms with E-state index in [9.17, 15) is 4.79 Å². The topological polar surface area (TPSA) is 83.7 Å². The molecule has 124 valence electrons. The normalized spacial score (nSPS) is 10.4. The van der Waals surface area contributed by atoms with Crippen LogP contribution in [0.5, 0.6) is 11.5 Å². The van der Waals surface area contributed by atoms with Crippen LogP contribution in [0.2, 0.25) is 0 Å². The summed E-state index contributed by atoms with van der Waals surface area (Å²) in [5.74, 6) is 1.33. The van der Waals surface area contributed by atoms with Gasteiger partial charge < -0.3 is 18.7 Å². The molecular formula is C16H14N2O5S. The van der Waals surface area contributed by atoms with Crippen LogP contribution in [0.3, 0.4) is 0 Å². The molecule has 0 saturated carbocycles. The molecule has 0 bridgehead atoms. The molecule has 2 aromatic heterocycles. The van der Waals surface area contributed by atoms with E-state index in [0.717, 1.165) is 0 Å². The Morgan fingerprint density at radius 2 is 2.12 bits per heavy atom. The largest absolute Gasteiger partial charge is 0.497 e. The highest BCUT2D eigenvalue weighted by Gasteiger charge is 2.16. The Hall–Kier alpha value is -2.87. The van der Waals surface area contributed by atoms with Crippen molar-refractivity contribution in [1.29, 1.82) is 0 Å². The first-order valence-corrected chi connectivity index (χ1v) is 7.85. The maximum absolute atomic E-state index is 11.8. The zero-order chi connectivity index (χ0) is 16.9. The zero-order valence-corrected chi connectivity index (χ0v) is 13.8. The number of ether oxygens (including phenoxy) is 3. The van der Waals surface area contributed by atoms with Crippen molar-refractivity contribution in [1.82, 2.24) is 10.1 Å². The summed E-state index contributed by atoms with van der Waals surface area (Å²) in [5, 5.41) is 5.70. The number of esters is 1. The quantitative estimate of drug-likeness (QED) is 0.634. The summed E-state index contributed by atoms with van der Waals surface area (Å²) in [7, 11) is 3.12. The van der Waals surface area contributed by atoms with Gasteiger partial charge in [0.05, 0.1) is 19.8 Å². The van der Waals surface area contributed by atoms with Crippen LogP contribution in [0, 0.1) is 0 Å². The fraction of sp³-hybridized carbons (Fsp3) is 0.188. The number of benzene rings is 1. The highest BCUT2D eigenvalue weighted by atomic mass is 32.1. The lowest BCUT2D eigenvalue weighted by Crippen LogP contribution is -2.03. The van der Waals surface area contributed by atoms with Gasteiger partial charge in [-0.25, -0.2) is 4.79 Å². The Morgan fingerprint density at radius 3 is 2.83 bits per heavy atom. The predicted molar refractivity (Wildman–Crippen MR) is 86.3 cm³/mol. The Kier molecular flexibility index (Phi) is 4.76. The number of hydrogen-bond acceptors (Lipinski definition) is 8. The molecule has 1 aromatic carbocycles. The third-order valence-electron chi connectivity index (χ3n) is 3.17. The molecule has 0 amide bonds. The van der Waals surface area contributed by atoms with Gasteiger partial charge in [0.2, 0.25) is 5.82 Å². The van der Waals surface area contributed by atoms with E-state index in [4.69, 9.17) is 18.7 Å². The standard InChI is InChI=1S/C16H14N2O5S/c1-20-10-5-6-11(12(8-10)21-2)15-17-14(23-18-15)9-22-16(19)13-4-3-7-24-13/h3-8H,9H2,1-2H3. The molecule has 0 N–H and O–H groups in total. The number of hydrogen-bond donors (Lipinski definition) is 0. The zero-order valence-electron chi connectivity index (χ0n) is 13.0. The van der Waals surface area contributed by atoms with Crippen molar-refractivity contribution in [2.45, 2.75) is 6.61 Å². The van der Waals surface area contributed by atoms with Gasteiger partial charge in [-0.2, -0.15) is 4.98 Å². The van der Waals surface area contributed by atoms with E-state index in [1.54, 1.807) is 49.9 Å². The molecule has 0 spiro atoms. The lowest BCUT2D eigenvalue weighted by molar-refractivity contribution is 0.0435. The number of aromatic nitrogens is 2. The second-order valence-corrected chi connectivity index (χ2v) is 5.58. The molecule has 7 nitrogen and oxygen atoms in total. The van der Waals surface area contributed by atoms with Crippen molar-refractivity contribution in [2.75, 3.05) is 14.2 Å². The van der Waals surface area contributed by atoms with Gasteiger partial charge in [0.25, 0.3) is 5.89 Å². The molecule has 24 heavy (non-hydrogen) atoms. The smallest absolute Gasteiger partial charge is 0.348 e. The van der Waals surface area contributed by atoms with Gasteiger partial charge in [0.1, 0.15) is 16.4 Å². The minimum Gasteiger partial charge on any atom is -0.497 e. The highest BCUT2D eigenvalue weighted by Crippen LogP contribution is 2.31. The monoisotopic (exact) mass is 346 g/mol. The number of carbonyl (C=O) groups is 1. The summed E-state index contributed by atoms with van der Waals surface area (Å²) in [6.07, 6.45) is 0. The van der Waals surface area contributed by atoms with Gasteiger partial charge in [-0.1, -0.05) is 11.2 Å². The molecule has 0 aliphatic carbocycles. The van der Waals surface area contributed by atoms with Crippen LogP contribution in [0.25, 0.3) is 11.4 Å². The summed E-state index contributed by atoms with van der Waals surface area (Å²) >= 11 is 1.31. The molecule has 0 aliphatic rings. The number of nitrogens with zero attached hydrogens (tertiary/aromatic N) is 2. The molecule has 0 radical (unpaired) electrons. The molecule has 0 aliphatic heterocycles. The van der Waals surface area contributed by atoms with Crippen LogP contribution in [-0.4, -0.2) is 30.3 Å². The third-order valence-corrected chi connectivity index (χ3v) is 4.02.